The molecule has 0 unspecified atom stereocenters. The van der Waals surface area contributed by atoms with Crippen molar-refractivity contribution in [2.24, 2.45) is 0 Å². The van der Waals surface area contributed by atoms with Gasteiger partial charge in [0.05, 0.1) is 24.0 Å². The number of pyridine rings is 1. The molecule has 0 atom stereocenters. The molecule has 5 heteroatoms. The average Bonchev–Trinajstić information content (AvgIpc) is 3.11. The number of hydrogen-bond donors (Lipinski definition) is 0. The van der Waals surface area contributed by atoms with E-state index in [2.05, 4.69) is 9.55 Å². The summed E-state index contributed by atoms with van der Waals surface area (Å²) in [5.41, 5.74) is 5.07. The van der Waals surface area contributed by atoms with Gasteiger partial charge in [-0.15, -0.1) is 0 Å². The molecule has 3 aromatic rings. The minimum Gasteiger partial charge on any atom is -0.316 e. The van der Waals surface area contributed by atoms with Gasteiger partial charge in [-0.05, 0) is 55.8 Å². The van der Waals surface area contributed by atoms with Gasteiger partial charge in [0.25, 0.3) is 5.91 Å². The number of para-hydroxylation sites is 1. The maximum absolute atomic E-state index is 12.8. The number of anilines is 1. The number of aryl methyl sites for hydroxylation is 1. The van der Waals surface area contributed by atoms with E-state index in [1.807, 2.05) is 56.3 Å². The molecular weight excluding hydrogens is 338 g/mol. The van der Waals surface area contributed by atoms with Crippen molar-refractivity contribution in [3.8, 4) is 5.69 Å². The van der Waals surface area contributed by atoms with Crippen molar-refractivity contribution in [3.63, 3.8) is 0 Å². The topological polar surface area (TPSA) is 55.2 Å². The highest BCUT2D eigenvalue weighted by atomic mass is 16.2. The molecule has 0 saturated carbocycles. The van der Waals surface area contributed by atoms with E-state index >= 15 is 0 Å². The van der Waals surface area contributed by atoms with Gasteiger partial charge in [0, 0.05) is 23.2 Å². The Labute approximate surface area is 157 Å². The molecule has 1 aliphatic heterocycles. The Kier molecular flexibility index (Phi) is 4.20. The number of rotatable bonds is 3. The number of nitrogens with zero attached hydrogens (tertiary/aromatic N) is 3. The summed E-state index contributed by atoms with van der Waals surface area (Å²) >= 11 is 0. The summed E-state index contributed by atoms with van der Waals surface area (Å²) in [6.45, 7) is 4.02. The van der Waals surface area contributed by atoms with Crippen LogP contribution in [-0.4, -0.2) is 21.4 Å². The van der Waals surface area contributed by atoms with Crippen molar-refractivity contribution < 1.29 is 9.59 Å². The van der Waals surface area contributed by atoms with Crippen LogP contribution in [0.15, 0.2) is 66.5 Å². The average molecular weight is 357 g/mol. The van der Waals surface area contributed by atoms with Crippen LogP contribution < -0.4 is 4.90 Å². The van der Waals surface area contributed by atoms with Crippen LogP contribution in [0.2, 0.25) is 0 Å². The molecule has 3 heterocycles. The van der Waals surface area contributed by atoms with E-state index in [1.165, 1.54) is 4.90 Å². The van der Waals surface area contributed by atoms with E-state index < -0.39 is 0 Å². The number of amides is 2. The monoisotopic (exact) mass is 357 g/mol. The first-order valence-electron chi connectivity index (χ1n) is 8.78. The molecule has 1 aliphatic rings. The molecule has 4 rings (SSSR count). The van der Waals surface area contributed by atoms with Gasteiger partial charge in [0.15, 0.2) is 0 Å². The Balaban J connectivity index is 1.71. The Hall–Kier alpha value is -3.47. The lowest BCUT2D eigenvalue weighted by Gasteiger charge is -2.12. The Bertz CT molecular complexity index is 1050. The SMILES string of the molecule is Cc1cc(C=C2CC(=O)N(c3ccccc3)C2=O)c(C)n1-c1cccnc1. The van der Waals surface area contributed by atoms with E-state index in [0.717, 1.165) is 22.6 Å². The van der Waals surface area contributed by atoms with Crippen LogP contribution in [0.4, 0.5) is 5.69 Å². The smallest absolute Gasteiger partial charge is 0.261 e. The molecule has 1 aromatic carbocycles. The van der Waals surface area contributed by atoms with Gasteiger partial charge in [-0.3, -0.25) is 14.6 Å². The van der Waals surface area contributed by atoms with Crippen LogP contribution in [0.5, 0.6) is 0 Å². The highest BCUT2D eigenvalue weighted by molar-refractivity contribution is 6.29. The summed E-state index contributed by atoms with van der Waals surface area (Å²) in [7, 11) is 0. The number of carbonyl (C=O) groups excluding carboxylic acids is 2. The lowest BCUT2D eigenvalue weighted by atomic mass is 10.1. The largest absolute Gasteiger partial charge is 0.316 e. The Morgan fingerprint density at radius 2 is 1.74 bits per heavy atom. The van der Waals surface area contributed by atoms with Gasteiger partial charge >= 0.3 is 0 Å². The van der Waals surface area contributed by atoms with Crippen LogP contribution in [0.3, 0.4) is 0 Å². The fourth-order valence-electron chi connectivity index (χ4n) is 3.53. The van der Waals surface area contributed by atoms with Gasteiger partial charge < -0.3 is 4.57 Å². The summed E-state index contributed by atoms with van der Waals surface area (Å²) in [6.07, 6.45) is 5.49. The van der Waals surface area contributed by atoms with Gasteiger partial charge in [0.2, 0.25) is 5.91 Å². The van der Waals surface area contributed by atoms with Gasteiger partial charge in [-0.1, -0.05) is 18.2 Å². The molecule has 0 spiro atoms. The molecule has 0 radical (unpaired) electrons. The van der Waals surface area contributed by atoms with Crippen LogP contribution in [0.1, 0.15) is 23.4 Å². The first-order valence-corrected chi connectivity index (χ1v) is 8.78. The normalized spacial score (nSPS) is 15.8. The third-order valence-corrected chi connectivity index (χ3v) is 4.79. The van der Waals surface area contributed by atoms with Crippen molar-refractivity contribution in [3.05, 3.63) is 83.4 Å². The zero-order valence-corrected chi connectivity index (χ0v) is 15.2. The predicted octanol–water partition coefficient (Wildman–Crippen LogP) is 3.84. The Morgan fingerprint density at radius 1 is 1.00 bits per heavy atom. The zero-order chi connectivity index (χ0) is 19.0. The van der Waals surface area contributed by atoms with E-state index in [4.69, 9.17) is 0 Å². The van der Waals surface area contributed by atoms with Gasteiger partial charge in [0.1, 0.15) is 0 Å². The molecule has 0 bridgehead atoms. The van der Waals surface area contributed by atoms with Crippen molar-refractivity contribution in [1.29, 1.82) is 0 Å². The first kappa shape index (κ1) is 17.0. The number of carbonyl (C=O) groups is 2. The van der Waals surface area contributed by atoms with E-state index in [9.17, 15) is 9.59 Å². The molecule has 1 fully saturated rings. The molecule has 0 aliphatic carbocycles. The number of imide groups is 1. The van der Waals surface area contributed by atoms with Crippen molar-refractivity contribution in [2.75, 3.05) is 4.90 Å². The zero-order valence-electron chi connectivity index (χ0n) is 15.2. The number of aromatic nitrogens is 2. The summed E-state index contributed by atoms with van der Waals surface area (Å²) in [6, 6.07) is 14.9. The molecule has 134 valence electrons. The third kappa shape index (κ3) is 2.97. The molecule has 0 N–H and O–H groups in total. The van der Waals surface area contributed by atoms with Crippen LogP contribution >= 0.6 is 0 Å². The van der Waals surface area contributed by atoms with Crippen LogP contribution in [0, 0.1) is 13.8 Å². The maximum Gasteiger partial charge on any atom is 0.261 e. The van der Waals surface area contributed by atoms with E-state index in [1.54, 1.807) is 24.5 Å². The summed E-state index contributed by atoms with van der Waals surface area (Å²) in [5, 5.41) is 0. The molecule has 1 saturated heterocycles. The number of hydrogen-bond acceptors (Lipinski definition) is 3. The van der Waals surface area contributed by atoms with E-state index in [0.29, 0.717) is 11.3 Å². The second kappa shape index (κ2) is 6.68. The lowest BCUT2D eigenvalue weighted by molar-refractivity contribution is -0.120. The standard InChI is InChI=1S/C22H19N3O2/c1-15-11-17(16(2)24(15)20-9-6-10-23-14-20)12-18-13-21(26)25(22(18)27)19-7-4-3-5-8-19/h3-12,14H,13H2,1-2H3. The quantitative estimate of drug-likeness (QED) is 0.529. The molecule has 27 heavy (non-hydrogen) atoms. The van der Waals surface area contributed by atoms with E-state index in [-0.39, 0.29) is 18.2 Å². The van der Waals surface area contributed by atoms with Crippen LogP contribution in [-0.2, 0) is 9.59 Å². The van der Waals surface area contributed by atoms with Crippen molar-refractivity contribution in [1.82, 2.24) is 9.55 Å². The minimum absolute atomic E-state index is 0.115. The summed E-state index contributed by atoms with van der Waals surface area (Å²) < 4.78 is 2.09. The second-order valence-corrected chi connectivity index (χ2v) is 6.59. The Morgan fingerprint density at radius 3 is 2.44 bits per heavy atom. The molecule has 5 nitrogen and oxygen atoms in total. The summed E-state index contributed by atoms with van der Waals surface area (Å²) in [4.78, 5) is 30.7. The molecule has 2 aromatic heterocycles. The van der Waals surface area contributed by atoms with Gasteiger partial charge in [-0.2, -0.15) is 0 Å². The third-order valence-electron chi connectivity index (χ3n) is 4.79. The highest BCUT2D eigenvalue weighted by Gasteiger charge is 2.35. The fraction of sp³-hybridized carbons (Fsp3) is 0.136. The predicted molar refractivity (Wildman–Crippen MR) is 105 cm³/mol. The molecular formula is C22H19N3O2. The van der Waals surface area contributed by atoms with Gasteiger partial charge in [-0.25, -0.2) is 4.90 Å². The van der Waals surface area contributed by atoms with Crippen LogP contribution in [0.25, 0.3) is 11.8 Å². The van der Waals surface area contributed by atoms with Crippen molar-refractivity contribution >= 4 is 23.6 Å². The number of benzene rings is 1. The fourth-order valence-corrected chi connectivity index (χ4v) is 3.53. The second-order valence-electron chi connectivity index (χ2n) is 6.59. The maximum atomic E-state index is 12.8. The summed E-state index contributed by atoms with van der Waals surface area (Å²) in [5.74, 6) is -0.448. The first-order chi connectivity index (χ1) is 13.1. The van der Waals surface area contributed by atoms with Crippen molar-refractivity contribution in [2.45, 2.75) is 20.3 Å². The molecule has 2 amide bonds. The minimum atomic E-state index is -0.252. The lowest BCUT2D eigenvalue weighted by Crippen LogP contribution is -2.28. The highest BCUT2D eigenvalue weighted by Crippen LogP contribution is 2.29.